The van der Waals surface area contributed by atoms with E-state index in [0.29, 0.717) is 12.6 Å². The second kappa shape index (κ2) is 6.59. The Bertz CT molecular complexity index is 431. The van der Waals surface area contributed by atoms with Crippen LogP contribution in [0.5, 0.6) is 0 Å². The van der Waals surface area contributed by atoms with Crippen molar-refractivity contribution in [2.75, 3.05) is 24.5 Å². The molecule has 2 rings (SSSR count). The maximum Gasteiger partial charge on any atom is 0.0791 e. The van der Waals surface area contributed by atoms with E-state index in [0.717, 1.165) is 32.4 Å². The molecule has 3 heteroatoms. The monoisotopic (exact) mass is 276 g/mol. The lowest BCUT2D eigenvalue weighted by Crippen LogP contribution is -2.44. The van der Waals surface area contributed by atoms with Crippen LogP contribution in [-0.4, -0.2) is 30.3 Å². The minimum absolute atomic E-state index is 0.453. The number of fused-ring (bicyclic) bond motifs is 1. The van der Waals surface area contributed by atoms with Gasteiger partial charge < -0.3 is 15.3 Å². The van der Waals surface area contributed by atoms with Crippen LogP contribution in [0.3, 0.4) is 0 Å². The summed E-state index contributed by atoms with van der Waals surface area (Å²) in [6.45, 7) is 8.95. The molecule has 0 aliphatic carbocycles. The molecule has 2 unspecified atom stereocenters. The molecule has 1 aliphatic heterocycles. The summed E-state index contributed by atoms with van der Waals surface area (Å²) in [7, 11) is 0. The van der Waals surface area contributed by atoms with Gasteiger partial charge in [-0.05, 0) is 44.4 Å². The van der Waals surface area contributed by atoms with Gasteiger partial charge in [0.05, 0.1) is 5.60 Å². The molecule has 0 bridgehead atoms. The number of aliphatic hydroxyl groups is 1. The van der Waals surface area contributed by atoms with E-state index in [9.17, 15) is 5.11 Å². The molecule has 2 atom stereocenters. The van der Waals surface area contributed by atoms with Crippen molar-refractivity contribution in [1.82, 2.24) is 5.32 Å². The van der Waals surface area contributed by atoms with Gasteiger partial charge in [-0.1, -0.05) is 32.0 Å². The Labute approximate surface area is 123 Å². The van der Waals surface area contributed by atoms with Crippen molar-refractivity contribution in [1.29, 1.82) is 0 Å². The second-order valence-electron chi connectivity index (χ2n) is 6.13. The molecular formula is C17H28N2O. The molecule has 20 heavy (non-hydrogen) atoms. The Morgan fingerprint density at radius 3 is 2.80 bits per heavy atom. The quantitative estimate of drug-likeness (QED) is 0.838. The van der Waals surface area contributed by atoms with Gasteiger partial charge in [-0.2, -0.15) is 0 Å². The van der Waals surface area contributed by atoms with Gasteiger partial charge in [-0.3, -0.25) is 0 Å². The highest BCUT2D eigenvalue weighted by atomic mass is 16.3. The Hall–Kier alpha value is -1.06. The average molecular weight is 276 g/mol. The van der Waals surface area contributed by atoms with Crippen molar-refractivity contribution in [3.63, 3.8) is 0 Å². The van der Waals surface area contributed by atoms with Crippen molar-refractivity contribution >= 4 is 5.69 Å². The Morgan fingerprint density at radius 2 is 2.10 bits per heavy atom. The lowest BCUT2D eigenvalue weighted by Gasteiger charge is -2.39. The fraction of sp³-hybridized carbons (Fsp3) is 0.647. The first-order valence-electron chi connectivity index (χ1n) is 7.87. The number of β-amino-alcohol motifs (C(OH)–C–C–N with tert-alkyl or cyclic N) is 1. The fourth-order valence-electron chi connectivity index (χ4n) is 2.85. The van der Waals surface area contributed by atoms with Crippen LogP contribution in [0.15, 0.2) is 24.3 Å². The number of anilines is 1. The third-order valence-corrected chi connectivity index (χ3v) is 4.27. The summed E-state index contributed by atoms with van der Waals surface area (Å²) >= 11 is 0. The third-order valence-electron chi connectivity index (χ3n) is 4.27. The first kappa shape index (κ1) is 15.3. The molecular weight excluding hydrogens is 248 g/mol. The lowest BCUT2D eigenvalue weighted by molar-refractivity contribution is 0.0624. The standard InChI is InChI=1S/C17H28N2O/c1-4-11-18-15-10-12-19(13-17(3,20)5-2)16-9-7-6-8-14(15)16/h6-9,15,18,20H,4-5,10-13H2,1-3H3. The van der Waals surface area contributed by atoms with Crippen LogP contribution in [0, 0.1) is 0 Å². The van der Waals surface area contributed by atoms with E-state index in [1.54, 1.807) is 0 Å². The van der Waals surface area contributed by atoms with E-state index < -0.39 is 5.60 Å². The molecule has 3 nitrogen and oxygen atoms in total. The lowest BCUT2D eigenvalue weighted by atomic mass is 9.94. The zero-order valence-corrected chi connectivity index (χ0v) is 13.0. The Morgan fingerprint density at radius 1 is 1.35 bits per heavy atom. The summed E-state index contributed by atoms with van der Waals surface area (Å²) < 4.78 is 0. The Kier molecular flexibility index (Phi) is 5.06. The maximum absolute atomic E-state index is 10.4. The Balaban J connectivity index is 2.18. The highest BCUT2D eigenvalue weighted by Gasteiger charge is 2.28. The second-order valence-corrected chi connectivity index (χ2v) is 6.13. The molecule has 0 radical (unpaired) electrons. The van der Waals surface area contributed by atoms with Gasteiger partial charge in [0.1, 0.15) is 0 Å². The summed E-state index contributed by atoms with van der Waals surface area (Å²) in [5, 5.41) is 14.0. The van der Waals surface area contributed by atoms with Gasteiger partial charge in [0.2, 0.25) is 0 Å². The van der Waals surface area contributed by atoms with E-state index in [1.807, 2.05) is 13.8 Å². The molecule has 0 spiro atoms. The van der Waals surface area contributed by atoms with E-state index in [2.05, 4.69) is 41.4 Å². The van der Waals surface area contributed by atoms with Crippen molar-refractivity contribution < 1.29 is 5.11 Å². The molecule has 1 aromatic carbocycles. The van der Waals surface area contributed by atoms with Gasteiger partial charge in [0.15, 0.2) is 0 Å². The van der Waals surface area contributed by atoms with Crippen LogP contribution in [0.25, 0.3) is 0 Å². The highest BCUT2D eigenvalue weighted by molar-refractivity contribution is 5.57. The van der Waals surface area contributed by atoms with Gasteiger partial charge in [-0.15, -0.1) is 0 Å². The van der Waals surface area contributed by atoms with E-state index in [4.69, 9.17) is 0 Å². The maximum atomic E-state index is 10.4. The molecule has 2 N–H and O–H groups in total. The summed E-state index contributed by atoms with van der Waals surface area (Å²) in [6, 6.07) is 9.06. The first-order valence-corrected chi connectivity index (χ1v) is 7.87. The van der Waals surface area contributed by atoms with Crippen molar-refractivity contribution in [3.8, 4) is 0 Å². The number of hydrogen-bond donors (Lipinski definition) is 2. The number of benzene rings is 1. The predicted octanol–water partition coefficient (Wildman–Crippen LogP) is 3.10. The van der Waals surface area contributed by atoms with E-state index >= 15 is 0 Å². The first-order chi connectivity index (χ1) is 9.57. The molecule has 1 heterocycles. The number of hydrogen-bond acceptors (Lipinski definition) is 3. The normalized spacial score (nSPS) is 21.4. The number of rotatable bonds is 6. The summed E-state index contributed by atoms with van der Waals surface area (Å²) in [4.78, 5) is 2.34. The topological polar surface area (TPSA) is 35.5 Å². The SMILES string of the molecule is CCCNC1CCN(CC(C)(O)CC)c2ccccc21. The van der Waals surface area contributed by atoms with Crippen molar-refractivity contribution in [3.05, 3.63) is 29.8 Å². The van der Waals surface area contributed by atoms with Gasteiger partial charge >= 0.3 is 0 Å². The summed E-state index contributed by atoms with van der Waals surface area (Å²) in [6.07, 6.45) is 3.05. The zero-order valence-electron chi connectivity index (χ0n) is 13.0. The molecule has 1 aliphatic rings. The zero-order chi connectivity index (χ0) is 14.6. The summed E-state index contributed by atoms with van der Waals surface area (Å²) in [5.41, 5.74) is 2.04. The molecule has 0 fully saturated rings. The van der Waals surface area contributed by atoms with Crippen LogP contribution in [0.1, 0.15) is 51.6 Å². The molecule has 0 amide bonds. The van der Waals surface area contributed by atoms with E-state index in [1.165, 1.54) is 11.3 Å². The minimum atomic E-state index is -0.614. The smallest absolute Gasteiger partial charge is 0.0791 e. The third kappa shape index (κ3) is 3.53. The average Bonchev–Trinajstić information content (AvgIpc) is 2.46. The van der Waals surface area contributed by atoms with E-state index in [-0.39, 0.29) is 0 Å². The van der Waals surface area contributed by atoms with Crippen molar-refractivity contribution in [2.45, 2.75) is 51.7 Å². The number of nitrogens with zero attached hydrogens (tertiary/aromatic N) is 1. The predicted molar refractivity (Wildman–Crippen MR) is 85.2 cm³/mol. The van der Waals surface area contributed by atoms with Gasteiger partial charge in [-0.25, -0.2) is 0 Å². The van der Waals surface area contributed by atoms with Crippen LogP contribution in [0.2, 0.25) is 0 Å². The molecule has 0 aromatic heterocycles. The van der Waals surface area contributed by atoms with Crippen LogP contribution in [-0.2, 0) is 0 Å². The molecule has 112 valence electrons. The van der Waals surface area contributed by atoms with Crippen LogP contribution >= 0.6 is 0 Å². The fourth-order valence-corrected chi connectivity index (χ4v) is 2.85. The van der Waals surface area contributed by atoms with Crippen molar-refractivity contribution in [2.24, 2.45) is 0 Å². The number of para-hydroxylation sites is 1. The molecule has 1 aromatic rings. The van der Waals surface area contributed by atoms with Gasteiger partial charge in [0.25, 0.3) is 0 Å². The summed E-state index contributed by atoms with van der Waals surface area (Å²) in [5.74, 6) is 0. The van der Waals surface area contributed by atoms with Crippen LogP contribution in [0.4, 0.5) is 5.69 Å². The number of nitrogens with one attached hydrogen (secondary N) is 1. The largest absolute Gasteiger partial charge is 0.388 e. The molecule has 0 saturated heterocycles. The highest BCUT2D eigenvalue weighted by Crippen LogP contribution is 2.34. The molecule has 0 saturated carbocycles. The minimum Gasteiger partial charge on any atom is -0.388 e. The van der Waals surface area contributed by atoms with Crippen LogP contribution < -0.4 is 10.2 Å². The van der Waals surface area contributed by atoms with Gasteiger partial charge in [0, 0.05) is 24.8 Å².